The van der Waals surface area contributed by atoms with Gasteiger partial charge in [0.15, 0.2) is 0 Å². The van der Waals surface area contributed by atoms with Crippen molar-refractivity contribution in [3.8, 4) is 0 Å². The zero-order chi connectivity index (χ0) is 13.0. The first kappa shape index (κ1) is 13.6. The van der Waals surface area contributed by atoms with Crippen LogP contribution in [0.3, 0.4) is 0 Å². The number of rotatable bonds is 4. The number of hydrogen-bond donors (Lipinski definition) is 0. The van der Waals surface area contributed by atoms with Crippen LogP contribution in [0.15, 0.2) is 47.5 Å². The van der Waals surface area contributed by atoms with E-state index >= 15 is 0 Å². The van der Waals surface area contributed by atoms with Gasteiger partial charge in [-0.3, -0.25) is 4.98 Å². The summed E-state index contributed by atoms with van der Waals surface area (Å²) in [6.45, 7) is 2.11. The molecular formula is C15H16BrNS. The Hall–Kier alpha value is -0.800. The molecular weight excluding hydrogens is 306 g/mol. The SMILES string of the molecule is CSc1ccccc1C(Br)Cc1ncccc1C. The van der Waals surface area contributed by atoms with Gasteiger partial charge in [0.2, 0.25) is 0 Å². The van der Waals surface area contributed by atoms with Crippen LogP contribution < -0.4 is 0 Å². The Morgan fingerprint density at radius 3 is 2.72 bits per heavy atom. The van der Waals surface area contributed by atoms with E-state index in [-0.39, 0.29) is 0 Å². The van der Waals surface area contributed by atoms with Crippen LogP contribution in [-0.4, -0.2) is 11.2 Å². The molecule has 18 heavy (non-hydrogen) atoms. The van der Waals surface area contributed by atoms with E-state index in [9.17, 15) is 0 Å². The van der Waals surface area contributed by atoms with Crippen LogP contribution in [0.25, 0.3) is 0 Å². The first-order valence-corrected chi connectivity index (χ1v) is 8.04. The molecule has 1 unspecified atom stereocenters. The van der Waals surface area contributed by atoms with E-state index in [0.717, 1.165) is 12.1 Å². The zero-order valence-electron chi connectivity index (χ0n) is 10.6. The molecule has 0 aliphatic carbocycles. The Kier molecular flexibility index (Phi) is 4.84. The number of alkyl halides is 1. The summed E-state index contributed by atoms with van der Waals surface area (Å²) in [6.07, 6.45) is 4.90. The number of hydrogen-bond acceptors (Lipinski definition) is 2. The predicted molar refractivity (Wildman–Crippen MR) is 82.6 cm³/mol. The Morgan fingerprint density at radius 1 is 1.22 bits per heavy atom. The molecule has 2 aromatic rings. The maximum absolute atomic E-state index is 4.46. The van der Waals surface area contributed by atoms with Crippen molar-refractivity contribution in [2.45, 2.75) is 23.1 Å². The van der Waals surface area contributed by atoms with Crippen LogP contribution in [0.5, 0.6) is 0 Å². The summed E-state index contributed by atoms with van der Waals surface area (Å²) in [5, 5.41) is 0. The molecule has 1 aromatic heterocycles. The Labute approximate surface area is 121 Å². The van der Waals surface area contributed by atoms with Crippen molar-refractivity contribution in [2.24, 2.45) is 0 Å². The van der Waals surface area contributed by atoms with Gasteiger partial charge in [-0.25, -0.2) is 0 Å². The number of pyridine rings is 1. The third-order valence-electron chi connectivity index (χ3n) is 2.97. The van der Waals surface area contributed by atoms with Crippen LogP contribution in [0, 0.1) is 6.92 Å². The molecule has 0 saturated heterocycles. The Balaban J connectivity index is 2.22. The highest BCUT2D eigenvalue weighted by Crippen LogP contribution is 2.33. The van der Waals surface area contributed by atoms with Crippen molar-refractivity contribution in [2.75, 3.05) is 6.26 Å². The van der Waals surface area contributed by atoms with E-state index in [2.05, 4.69) is 64.4 Å². The van der Waals surface area contributed by atoms with Gasteiger partial charge in [0.05, 0.1) is 0 Å². The number of halogens is 1. The summed E-state index contributed by atoms with van der Waals surface area (Å²) in [4.78, 5) is 6.10. The number of nitrogens with zero attached hydrogens (tertiary/aromatic N) is 1. The topological polar surface area (TPSA) is 12.9 Å². The molecule has 3 heteroatoms. The van der Waals surface area contributed by atoms with Crippen molar-refractivity contribution in [1.82, 2.24) is 4.98 Å². The summed E-state index contributed by atoms with van der Waals surface area (Å²) < 4.78 is 0. The first-order valence-electron chi connectivity index (χ1n) is 5.90. The van der Waals surface area contributed by atoms with E-state index in [1.807, 2.05) is 12.3 Å². The minimum absolute atomic E-state index is 0.315. The standard InChI is InChI=1S/C15H16BrNS/c1-11-6-5-9-17-14(11)10-13(16)12-7-3-4-8-15(12)18-2/h3-9,13H,10H2,1-2H3. The molecule has 1 heterocycles. The quantitative estimate of drug-likeness (QED) is 0.593. The molecule has 0 radical (unpaired) electrons. The molecule has 94 valence electrons. The molecule has 2 rings (SSSR count). The molecule has 0 aliphatic rings. The fourth-order valence-electron chi connectivity index (χ4n) is 1.94. The van der Waals surface area contributed by atoms with Gasteiger partial charge in [-0.1, -0.05) is 40.2 Å². The summed E-state index contributed by atoms with van der Waals surface area (Å²) in [5.74, 6) is 0. The van der Waals surface area contributed by atoms with E-state index in [0.29, 0.717) is 4.83 Å². The lowest BCUT2D eigenvalue weighted by Gasteiger charge is -2.14. The smallest absolute Gasteiger partial charge is 0.0461 e. The third-order valence-corrected chi connectivity index (χ3v) is 4.60. The highest BCUT2D eigenvalue weighted by molar-refractivity contribution is 9.09. The van der Waals surface area contributed by atoms with Gasteiger partial charge in [0.25, 0.3) is 0 Å². The van der Waals surface area contributed by atoms with Gasteiger partial charge in [-0.05, 0) is 36.4 Å². The van der Waals surface area contributed by atoms with E-state index in [1.165, 1.54) is 16.0 Å². The monoisotopic (exact) mass is 321 g/mol. The van der Waals surface area contributed by atoms with Gasteiger partial charge in [0.1, 0.15) is 0 Å². The minimum atomic E-state index is 0.315. The van der Waals surface area contributed by atoms with Gasteiger partial charge in [0, 0.05) is 28.0 Å². The lowest BCUT2D eigenvalue weighted by molar-refractivity contribution is 0.876. The number of thioether (sulfide) groups is 1. The van der Waals surface area contributed by atoms with E-state index < -0.39 is 0 Å². The fraction of sp³-hybridized carbons (Fsp3) is 0.267. The van der Waals surface area contributed by atoms with Crippen molar-refractivity contribution in [3.05, 3.63) is 59.4 Å². The lowest BCUT2D eigenvalue weighted by atomic mass is 10.1. The maximum Gasteiger partial charge on any atom is 0.0461 e. The normalized spacial score (nSPS) is 12.4. The molecule has 0 saturated carbocycles. The molecule has 0 aliphatic heterocycles. The first-order chi connectivity index (χ1) is 8.72. The highest BCUT2D eigenvalue weighted by Gasteiger charge is 2.13. The molecule has 1 aromatic carbocycles. The molecule has 1 nitrogen and oxygen atoms in total. The van der Waals surface area contributed by atoms with Crippen LogP contribution >= 0.6 is 27.7 Å². The summed E-state index contributed by atoms with van der Waals surface area (Å²) in [6, 6.07) is 12.6. The molecule has 1 atom stereocenters. The van der Waals surface area contributed by atoms with Gasteiger partial charge < -0.3 is 0 Å². The highest BCUT2D eigenvalue weighted by atomic mass is 79.9. The summed E-state index contributed by atoms with van der Waals surface area (Å²) in [7, 11) is 0. The lowest BCUT2D eigenvalue weighted by Crippen LogP contribution is -2.01. The molecule has 0 N–H and O–H groups in total. The molecule has 0 amide bonds. The van der Waals surface area contributed by atoms with Crippen molar-refractivity contribution in [1.29, 1.82) is 0 Å². The predicted octanol–water partition coefficient (Wildman–Crippen LogP) is 4.79. The second-order valence-electron chi connectivity index (χ2n) is 4.18. The zero-order valence-corrected chi connectivity index (χ0v) is 13.0. The van der Waals surface area contributed by atoms with Crippen molar-refractivity contribution < 1.29 is 0 Å². The summed E-state index contributed by atoms with van der Waals surface area (Å²) in [5.41, 5.74) is 3.76. The van der Waals surface area contributed by atoms with Gasteiger partial charge in [-0.15, -0.1) is 11.8 Å². The minimum Gasteiger partial charge on any atom is -0.261 e. The van der Waals surface area contributed by atoms with Crippen molar-refractivity contribution >= 4 is 27.7 Å². The Morgan fingerprint density at radius 2 is 2.00 bits per heavy atom. The van der Waals surface area contributed by atoms with Crippen LogP contribution in [0.1, 0.15) is 21.6 Å². The van der Waals surface area contributed by atoms with Crippen LogP contribution in [0.4, 0.5) is 0 Å². The average Bonchev–Trinajstić information content (AvgIpc) is 2.41. The second-order valence-corrected chi connectivity index (χ2v) is 6.13. The maximum atomic E-state index is 4.46. The Bertz CT molecular complexity index is 527. The number of aromatic nitrogens is 1. The average molecular weight is 322 g/mol. The van der Waals surface area contributed by atoms with Crippen LogP contribution in [-0.2, 0) is 6.42 Å². The van der Waals surface area contributed by atoms with Gasteiger partial charge in [-0.2, -0.15) is 0 Å². The molecule has 0 spiro atoms. The third kappa shape index (κ3) is 3.15. The van der Waals surface area contributed by atoms with Crippen molar-refractivity contribution in [3.63, 3.8) is 0 Å². The second kappa shape index (κ2) is 6.39. The number of benzene rings is 1. The van der Waals surface area contributed by atoms with Crippen LogP contribution in [0.2, 0.25) is 0 Å². The molecule has 0 fully saturated rings. The fourth-order valence-corrected chi connectivity index (χ4v) is 3.46. The largest absolute Gasteiger partial charge is 0.261 e. The van der Waals surface area contributed by atoms with E-state index in [1.54, 1.807) is 11.8 Å². The van der Waals surface area contributed by atoms with Gasteiger partial charge >= 0.3 is 0 Å². The number of aryl methyl sites for hydroxylation is 1. The van der Waals surface area contributed by atoms with E-state index in [4.69, 9.17) is 0 Å². The molecule has 0 bridgehead atoms. The summed E-state index contributed by atoms with van der Waals surface area (Å²) >= 11 is 5.58.